The van der Waals surface area contributed by atoms with Gasteiger partial charge in [0, 0.05) is 33.2 Å². The standard InChI is InChI=1S/C28H29BrFN3O3/c1-19(2)13-14-31(3)27(34)23-25(36-18-21-7-5-4-6-8-21)24-28(35)32(15-16-33(24)26(23)29)17-20-9-11-22(30)12-10-20/h4-13H,14-18H2,1-3H3. The van der Waals surface area contributed by atoms with Gasteiger partial charge < -0.3 is 19.1 Å². The van der Waals surface area contributed by atoms with Crippen molar-refractivity contribution in [3.63, 3.8) is 0 Å². The number of aromatic nitrogens is 1. The molecule has 3 aromatic rings. The largest absolute Gasteiger partial charge is 0.486 e. The van der Waals surface area contributed by atoms with Gasteiger partial charge in [0.05, 0.1) is 0 Å². The Balaban J connectivity index is 1.70. The number of rotatable bonds is 8. The number of carbonyl (C=O) groups excluding carboxylic acids is 2. The minimum absolute atomic E-state index is 0.216. The van der Waals surface area contributed by atoms with Crippen molar-refractivity contribution in [3.8, 4) is 5.75 Å². The van der Waals surface area contributed by atoms with Gasteiger partial charge in [0.25, 0.3) is 11.8 Å². The second-order valence-electron chi connectivity index (χ2n) is 9.09. The van der Waals surface area contributed by atoms with E-state index in [0.717, 1.165) is 16.7 Å². The molecule has 6 nitrogen and oxygen atoms in total. The van der Waals surface area contributed by atoms with Gasteiger partial charge >= 0.3 is 0 Å². The molecule has 0 spiro atoms. The van der Waals surface area contributed by atoms with Crippen LogP contribution in [0.2, 0.25) is 0 Å². The Morgan fingerprint density at radius 2 is 1.78 bits per heavy atom. The van der Waals surface area contributed by atoms with Crippen LogP contribution in [0.3, 0.4) is 0 Å². The molecule has 0 atom stereocenters. The number of allylic oxidation sites excluding steroid dienone is 1. The number of hydrogen-bond donors (Lipinski definition) is 0. The van der Waals surface area contributed by atoms with Crippen LogP contribution >= 0.6 is 15.9 Å². The summed E-state index contributed by atoms with van der Waals surface area (Å²) < 4.78 is 21.9. The number of fused-ring (bicyclic) bond motifs is 1. The van der Waals surface area contributed by atoms with Gasteiger partial charge in [-0.05, 0) is 53.0 Å². The number of likely N-dealkylation sites (N-methyl/N-ethyl adjacent to an activating group) is 1. The highest BCUT2D eigenvalue weighted by molar-refractivity contribution is 9.10. The fourth-order valence-corrected chi connectivity index (χ4v) is 4.78. The summed E-state index contributed by atoms with van der Waals surface area (Å²) in [5, 5.41) is 0. The SMILES string of the molecule is CC(C)=CCN(C)C(=O)c1c(OCc2ccccc2)c2n(c1Br)CCN(Cc1ccc(F)cc1)C2=O. The number of benzene rings is 2. The van der Waals surface area contributed by atoms with Gasteiger partial charge in [-0.1, -0.05) is 54.1 Å². The monoisotopic (exact) mass is 553 g/mol. The fraction of sp³-hybridized carbons (Fsp3) is 0.286. The Morgan fingerprint density at radius 3 is 2.44 bits per heavy atom. The van der Waals surface area contributed by atoms with Crippen LogP contribution in [-0.2, 0) is 19.7 Å². The van der Waals surface area contributed by atoms with Crippen molar-refractivity contribution in [2.45, 2.75) is 33.5 Å². The minimum Gasteiger partial charge on any atom is -0.486 e. The Labute approximate surface area is 219 Å². The Bertz CT molecular complexity index is 1280. The van der Waals surface area contributed by atoms with Crippen LogP contribution in [0.1, 0.15) is 45.8 Å². The van der Waals surface area contributed by atoms with E-state index < -0.39 is 0 Å². The van der Waals surface area contributed by atoms with E-state index in [1.807, 2.05) is 54.8 Å². The third-order valence-electron chi connectivity index (χ3n) is 6.09. The summed E-state index contributed by atoms with van der Waals surface area (Å²) in [5.41, 5.74) is 3.54. The summed E-state index contributed by atoms with van der Waals surface area (Å²) in [6.45, 7) is 5.90. The van der Waals surface area contributed by atoms with Crippen LogP contribution in [0.15, 0.2) is 70.8 Å². The molecule has 36 heavy (non-hydrogen) atoms. The molecular formula is C28H29BrFN3O3. The van der Waals surface area contributed by atoms with Crippen LogP contribution in [0, 0.1) is 5.82 Å². The predicted molar refractivity (Wildman–Crippen MR) is 140 cm³/mol. The smallest absolute Gasteiger partial charge is 0.274 e. The molecule has 8 heteroatoms. The summed E-state index contributed by atoms with van der Waals surface area (Å²) in [6.07, 6.45) is 1.97. The van der Waals surface area contributed by atoms with Gasteiger partial charge in [0.1, 0.15) is 22.6 Å². The summed E-state index contributed by atoms with van der Waals surface area (Å²) in [7, 11) is 1.73. The second kappa shape index (κ2) is 11.1. The van der Waals surface area contributed by atoms with Crippen molar-refractivity contribution in [3.05, 3.63) is 99.1 Å². The van der Waals surface area contributed by atoms with E-state index in [1.54, 1.807) is 29.0 Å². The first-order valence-corrected chi connectivity index (χ1v) is 12.6. The molecule has 0 bridgehead atoms. The Hall–Kier alpha value is -3.39. The zero-order valence-corrected chi connectivity index (χ0v) is 22.2. The van der Waals surface area contributed by atoms with Gasteiger partial charge in [-0.15, -0.1) is 0 Å². The summed E-state index contributed by atoms with van der Waals surface area (Å²) >= 11 is 3.59. The predicted octanol–water partition coefficient (Wildman–Crippen LogP) is 5.66. The molecule has 188 valence electrons. The van der Waals surface area contributed by atoms with Gasteiger partial charge in [-0.3, -0.25) is 9.59 Å². The summed E-state index contributed by atoms with van der Waals surface area (Å²) in [5.74, 6) is -0.519. The third-order valence-corrected chi connectivity index (χ3v) is 6.91. The lowest BCUT2D eigenvalue weighted by atomic mass is 10.1. The number of halogens is 2. The van der Waals surface area contributed by atoms with Gasteiger partial charge in [0.15, 0.2) is 11.4 Å². The van der Waals surface area contributed by atoms with Crippen molar-refractivity contribution >= 4 is 27.7 Å². The summed E-state index contributed by atoms with van der Waals surface area (Å²) in [6, 6.07) is 15.7. The number of carbonyl (C=O) groups is 2. The van der Waals surface area contributed by atoms with Crippen molar-refractivity contribution in [2.24, 2.45) is 0 Å². The molecule has 1 aromatic heterocycles. The molecule has 4 rings (SSSR count). The highest BCUT2D eigenvalue weighted by atomic mass is 79.9. The molecule has 0 aliphatic carbocycles. The van der Waals surface area contributed by atoms with E-state index in [2.05, 4.69) is 15.9 Å². The lowest BCUT2D eigenvalue weighted by molar-refractivity contribution is 0.0683. The topological polar surface area (TPSA) is 54.8 Å². The molecule has 0 saturated carbocycles. The summed E-state index contributed by atoms with van der Waals surface area (Å²) in [4.78, 5) is 30.5. The van der Waals surface area contributed by atoms with Crippen molar-refractivity contribution in [1.29, 1.82) is 0 Å². The quantitative estimate of drug-likeness (QED) is 0.338. The fourth-order valence-electron chi connectivity index (χ4n) is 4.07. The van der Waals surface area contributed by atoms with Crippen molar-refractivity contribution in [1.82, 2.24) is 14.4 Å². The molecule has 0 fully saturated rings. The van der Waals surface area contributed by atoms with E-state index in [-0.39, 0.29) is 30.0 Å². The molecule has 2 heterocycles. The zero-order chi connectivity index (χ0) is 25.8. The molecule has 0 unspecified atom stereocenters. The Kier molecular flexibility index (Phi) is 7.94. The molecule has 1 aliphatic rings. The van der Waals surface area contributed by atoms with Crippen molar-refractivity contribution in [2.75, 3.05) is 20.1 Å². The molecule has 0 N–H and O–H groups in total. The normalized spacial score (nSPS) is 12.8. The Morgan fingerprint density at radius 1 is 1.08 bits per heavy atom. The molecule has 0 saturated heterocycles. The maximum atomic E-state index is 13.7. The van der Waals surface area contributed by atoms with Gasteiger partial charge in [0.2, 0.25) is 0 Å². The van der Waals surface area contributed by atoms with Crippen LogP contribution in [-0.4, -0.2) is 46.3 Å². The van der Waals surface area contributed by atoms with E-state index in [0.29, 0.717) is 42.0 Å². The molecular weight excluding hydrogens is 525 g/mol. The lowest BCUT2D eigenvalue weighted by Gasteiger charge is -2.29. The number of hydrogen-bond acceptors (Lipinski definition) is 3. The van der Waals surface area contributed by atoms with Crippen LogP contribution < -0.4 is 4.74 Å². The first kappa shape index (κ1) is 25.7. The van der Waals surface area contributed by atoms with Crippen molar-refractivity contribution < 1.29 is 18.7 Å². The molecule has 2 amide bonds. The highest BCUT2D eigenvalue weighted by Crippen LogP contribution is 2.38. The second-order valence-corrected chi connectivity index (χ2v) is 9.84. The third kappa shape index (κ3) is 5.54. The van der Waals surface area contributed by atoms with E-state index in [4.69, 9.17) is 4.74 Å². The first-order chi connectivity index (χ1) is 17.3. The van der Waals surface area contributed by atoms with Crippen LogP contribution in [0.5, 0.6) is 5.75 Å². The lowest BCUT2D eigenvalue weighted by Crippen LogP contribution is -2.39. The van der Waals surface area contributed by atoms with E-state index in [1.165, 1.54) is 12.1 Å². The molecule has 2 aromatic carbocycles. The van der Waals surface area contributed by atoms with E-state index in [9.17, 15) is 14.0 Å². The maximum Gasteiger partial charge on any atom is 0.274 e. The van der Waals surface area contributed by atoms with E-state index >= 15 is 0 Å². The maximum absolute atomic E-state index is 13.7. The number of nitrogens with zero attached hydrogens (tertiary/aromatic N) is 3. The van der Waals surface area contributed by atoms with Gasteiger partial charge in [-0.25, -0.2) is 4.39 Å². The highest BCUT2D eigenvalue weighted by Gasteiger charge is 2.37. The molecule has 1 aliphatic heterocycles. The van der Waals surface area contributed by atoms with Crippen LogP contribution in [0.25, 0.3) is 0 Å². The average Bonchev–Trinajstić information content (AvgIpc) is 3.16. The first-order valence-electron chi connectivity index (χ1n) is 11.8. The van der Waals surface area contributed by atoms with Crippen LogP contribution in [0.4, 0.5) is 4.39 Å². The molecule has 0 radical (unpaired) electrons. The average molecular weight is 554 g/mol. The number of amides is 2. The number of ether oxygens (including phenoxy) is 1. The van der Waals surface area contributed by atoms with Gasteiger partial charge in [-0.2, -0.15) is 0 Å². The zero-order valence-electron chi connectivity index (χ0n) is 20.6. The minimum atomic E-state index is -0.321.